The van der Waals surface area contributed by atoms with Crippen LogP contribution in [0.1, 0.15) is 23.1 Å². The van der Waals surface area contributed by atoms with E-state index in [9.17, 15) is 4.79 Å². The minimum atomic E-state index is -0.197. The predicted molar refractivity (Wildman–Crippen MR) is 68.7 cm³/mol. The van der Waals surface area contributed by atoms with Crippen LogP contribution in [0, 0.1) is 0 Å². The topological polar surface area (TPSA) is 61.5 Å². The Balaban J connectivity index is 2.26. The summed E-state index contributed by atoms with van der Waals surface area (Å²) in [7, 11) is 3.06. The van der Waals surface area contributed by atoms with Crippen molar-refractivity contribution in [2.75, 3.05) is 14.2 Å². The molecule has 0 saturated heterocycles. The Hall–Kier alpha value is -1.55. The largest absolute Gasteiger partial charge is 0.496 e. The first-order valence-electron chi connectivity index (χ1n) is 6.15. The average molecular weight is 249 g/mol. The van der Waals surface area contributed by atoms with Crippen LogP contribution in [0.25, 0.3) is 0 Å². The van der Waals surface area contributed by atoms with Crippen LogP contribution in [0.4, 0.5) is 0 Å². The second-order valence-electron chi connectivity index (χ2n) is 4.63. The number of nitrogens with two attached hydrogens (primary N) is 1. The summed E-state index contributed by atoms with van der Waals surface area (Å²) in [5.74, 6) is 0.642. The molecule has 0 aliphatic heterocycles. The van der Waals surface area contributed by atoms with E-state index in [1.807, 2.05) is 6.07 Å². The number of ether oxygens (including phenoxy) is 2. The number of rotatable bonds is 4. The number of hydrogen-bond acceptors (Lipinski definition) is 4. The molecular weight excluding hydrogens is 230 g/mol. The molecule has 1 aromatic carbocycles. The summed E-state index contributed by atoms with van der Waals surface area (Å²) in [5.41, 5.74) is 9.64. The fraction of sp³-hybridized carbons (Fsp3) is 0.500. The third kappa shape index (κ3) is 2.48. The number of fused-ring (bicyclic) bond motifs is 1. The number of benzene rings is 1. The highest BCUT2D eigenvalue weighted by atomic mass is 16.5. The first-order chi connectivity index (χ1) is 8.65. The standard InChI is InChI=1S/C14H19NO3/c1-17-13-5-3-9-7-10(15)8-12(9)11(13)4-6-14(16)18-2/h3,5,10H,4,6-8,15H2,1-2H3. The molecule has 0 saturated carbocycles. The molecule has 18 heavy (non-hydrogen) atoms. The fourth-order valence-corrected chi connectivity index (χ4v) is 2.58. The van der Waals surface area contributed by atoms with E-state index in [2.05, 4.69) is 10.8 Å². The lowest BCUT2D eigenvalue weighted by molar-refractivity contribution is -0.140. The normalized spacial score (nSPS) is 17.4. The summed E-state index contributed by atoms with van der Waals surface area (Å²) in [6, 6.07) is 4.22. The molecule has 1 aromatic rings. The minimum Gasteiger partial charge on any atom is -0.496 e. The Morgan fingerprint density at radius 3 is 2.83 bits per heavy atom. The number of carbonyl (C=O) groups is 1. The predicted octanol–water partition coefficient (Wildman–Crippen LogP) is 1.23. The molecule has 2 N–H and O–H groups in total. The van der Waals surface area contributed by atoms with Gasteiger partial charge < -0.3 is 15.2 Å². The lowest BCUT2D eigenvalue weighted by atomic mass is 9.98. The SMILES string of the molecule is COC(=O)CCc1c(OC)ccc2c1CC(N)C2. The van der Waals surface area contributed by atoms with Gasteiger partial charge in [0.15, 0.2) is 0 Å². The van der Waals surface area contributed by atoms with Crippen LogP contribution < -0.4 is 10.5 Å². The first-order valence-corrected chi connectivity index (χ1v) is 6.15. The summed E-state index contributed by atoms with van der Waals surface area (Å²) < 4.78 is 10.1. The van der Waals surface area contributed by atoms with E-state index in [-0.39, 0.29) is 12.0 Å². The van der Waals surface area contributed by atoms with Crippen molar-refractivity contribution in [3.8, 4) is 5.75 Å². The fourth-order valence-electron chi connectivity index (χ4n) is 2.58. The molecule has 4 nitrogen and oxygen atoms in total. The maximum atomic E-state index is 11.3. The Morgan fingerprint density at radius 2 is 2.17 bits per heavy atom. The van der Waals surface area contributed by atoms with Gasteiger partial charge in [0, 0.05) is 12.5 Å². The molecule has 98 valence electrons. The van der Waals surface area contributed by atoms with E-state index in [4.69, 9.17) is 10.5 Å². The molecule has 2 rings (SSSR count). The van der Waals surface area contributed by atoms with Gasteiger partial charge in [0.1, 0.15) is 5.75 Å². The van der Waals surface area contributed by atoms with Gasteiger partial charge in [-0.15, -0.1) is 0 Å². The van der Waals surface area contributed by atoms with Gasteiger partial charge in [-0.2, -0.15) is 0 Å². The Bertz CT molecular complexity index is 457. The Morgan fingerprint density at radius 1 is 1.39 bits per heavy atom. The molecule has 0 aromatic heterocycles. The van der Waals surface area contributed by atoms with Crippen LogP contribution in [0.3, 0.4) is 0 Å². The second-order valence-corrected chi connectivity index (χ2v) is 4.63. The van der Waals surface area contributed by atoms with Crippen LogP contribution >= 0.6 is 0 Å². The number of esters is 1. The lowest BCUT2D eigenvalue weighted by Gasteiger charge is -2.13. The minimum absolute atomic E-state index is 0.184. The number of hydrogen-bond donors (Lipinski definition) is 1. The van der Waals surface area contributed by atoms with E-state index in [0.29, 0.717) is 12.8 Å². The van der Waals surface area contributed by atoms with Crippen LogP contribution in [-0.4, -0.2) is 26.2 Å². The monoisotopic (exact) mass is 249 g/mol. The van der Waals surface area contributed by atoms with Crippen molar-refractivity contribution < 1.29 is 14.3 Å². The molecule has 0 amide bonds. The van der Waals surface area contributed by atoms with Crippen molar-refractivity contribution in [3.05, 3.63) is 28.8 Å². The Labute approximate surface area is 107 Å². The molecule has 0 fully saturated rings. The zero-order valence-corrected chi connectivity index (χ0v) is 10.9. The molecule has 1 aliphatic carbocycles. The van der Waals surface area contributed by atoms with Gasteiger partial charge in [0.25, 0.3) is 0 Å². The van der Waals surface area contributed by atoms with Crippen molar-refractivity contribution in [2.24, 2.45) is 5.73 Å². The molecule has 0 spiro atoms. The highest BCUT2D eigenvalue weighted by Gasteiger charge is 2.23. The third-order valence-corrected chi connectivity index (χ3v) is 3.46. The molecule has 0 heterocycles. The zero-order chi connectivity index (χ0) is 13.1. The van der Waals surface area contributed by atoms with Crippen LogP contribution in [0.15, 0.2) is 12.1 Å². The lowest BCUT2D eigenvalue weighted by Crippen LogP contribution is -2.19. The third-order valence-electron chi connectivity index (χ3n) is 3.46. The van der Waals surface area contributed by atoms with Crippen molar-refractivity contribution >= 4 is 5.97 Å². The molecule has 4 heteroatoms. The van der Waals surface area contributed by atoms with Gasteiger partial charge in [-0.3, -0.25) is 4.79 Å². The maximum Gasteiger partial charge on any atom is 0.305 e. The first kappa shape index (κ1) is 12.9. The van der Waals surface area contributed by atoms with Gasteiger partial charge >= 0.3 is 5.97 Å². The zero-order valence-electron chi connectivity index (χ0n) is 10.9. The van der Waals surface area contributed by atoms with Crippen LogP contribution in [-0.2, 0) is 28.8 Å². The smallest absolute Gasteiger partial charge is 0.305 e. The van der Waals surface area contributed by atoms with Crippen LogP contribution in [0.5, 0.6) is 5.75 Å². The number of carbonyl (C=O) groups excluding carboxylic acids is 1. The van der Waals surface area contributed by atoms with E-state index < -0.39 is 0 Å². The summed E-state index contributed by atoms with van der Waals surface area (Å²) in [6.07, 6.45) is 2.79. The van der Waals surface area contributed by atoms with Gasteiger partial charge in [0.05, 0.1) is 14.2 Å². The summed E-state index contributed by atoms with van der Waals surface area (Å²) in [5, 5.41) is 0. The van der Waals surface area contributed by atoms with Crippen molar-refractivity contribution in [2.45, 2.75) is 31.7 Å². The van der Waals surface area contributed by atoms with Gasteiger partial charge in [-0.1, -0.05) is 6.07 Å². The van der Waals surface area contributed by atoms with E-state index in [0.717, 1.165) is 24.2 Å². The highest BCUT2D eigenvalue weighted by Crippen LogP contribution is 2.32. The molecule has 0 bridgehead atoms. The summed E-state index contributed by atoms with van der Waals surface area (Å²) in [4.78, 5) is 11.3. The van der Waals surface area contributed by atoms with E-state index in [1.54, 1.807) is 7.11 Å². The van der Waals surface area contributed by atoms with Gasteiger partial charge in [0.2, 0.25) is 0 Å². The second kappa shape index (κ2) is 5.40. The van der Waals surface area contributed by atoms with E-state index >= 15 is 0 Å². The van der Waals surface area contributed by atoms with Crippen LogP contribution in [0.2, 0.25) is 0 Å². The van der Waals surface area contributed by atoms with Crippen molar-refractivity contribution in [1.82, 2.24) is 0 Å². The molecule has 1 atom stereocenters. The van der Waals surface area contributed by atoms with Gasteiger partial charge in [-0.05, 0) is 42.0 Å². The summed E-state index contributed by atoms with van der Waals surface area (Å²) in [6.45, 7) is 0. The number of methoxy groups -OCH3 is 2. The molecule has 1 aliphatic rings. The molecule has 1 unspecified atom stereocenters. The Kier molecular flexibility index (Phi) is 3.87. The molecule has 0 radical (unpaired) electrons. The summed E-state index contributed by atoms with van der Waals surface area (Å²) >= 11 is 0. The quantitative estimate of drug-likeness (QED) is 0.815. The molecular formula is C14H19NO3. The van der Waals surface area contributed by atoms with E-state index in [1.165, 1.54) is 18.2 Å². The average Bonchev–Trinajstić information content (AvgIpc) is 2.75. The highest BCUT2D eigenvalue weighted by molar-refractivity contribution is 5.70. The van der Waals surface area contributed by atoms with Crippen molar-refractivity contribution in [3.63, 3.8) is 0 Å². The van der Waals surface area contributed by atoms with Crippen molar-refractivity contribution in [1.29, 1.82) is 0 Å². The van der Waals surface area contributed by atoms with Gasteiger partial charge in [-0.25, -0.2) is 0 Å². The maximum absolute atomic E-state index is 11.3.